The maximum Gasteiger partial charge on any atom is 0.0449 e. The predicted molar refractivity (Wildman–Crippen MR) is 38.6 cm³/mol. The van der Waals surface area contributed by atoms with Gasteiger partial charge in [-0.05, 0) is 24.6 Å². The van der Waals surface area contributed by atoms with E-state index in [0.717, 1.165) is 13.1 Å². The molecule has 1 N–H and O–H groups in total. The van der Waals surface area contributed by atoms with E-state index in [1.807, 2.05) is 0 Å². The molecule has 1 aromatic rings. The van der Waals surface area contributed by atoms with Crippen LogP contribution in [-0.2, 0) is 13.0 Å². The van der Waals surface area contributed by atoms with Gasteiger partial charge in [-0.25, -0.2) is 0 Å². The molecule has 1 aliphatic heterocycles. The normalized spacial score (nSPS) is 17.3. The van der Waals surface area contributed by atoms with Crippen LogP contribution in [0.3, 0.4) is 0 Å². The van der Waals surface area contributed by atoms with Gasteiger partial charge in [-0.2, -0.15) is 0 Å². The maximum absolute atomic E-state index is 3.32. The van der Waals surface area contributed by atoms with E-state index < -0.39 is 0 Å². The molecule has 0 unspecified atom stereocenters. The molecule has 0 aliphatic carbocycles. The van der Waals surface area contributed by atoms with Crippen molar-refractivity contribution in [3.05, 3.63) is 21.9 Å². The van der Waals surface area contributed by atoms with Gasteiger partial charge < -0.3 is 5.32 Å². The summed E-state index contributed by atoms with van der Waals surface area (Å²) in [5.41, 5.74) is 1.50. The first kappa shape index (κ1) is 5.45. The zero-order valence-corrected chi connectivity index (χ0v) is 5.92. The molecule has 0 amide bonds. The van der Waals surface area contributed by atoms with E-state index in [1.165, 1.54) is 16.9 Å². The fraction of sp³-hybridized carbons (Fsp3) is 0.429. The zero-order valence-electron chi connectivity index (χ0n) is 5.11. The highest BCUT2D eigenvalue weighted by atomic mass is 32.1. The summed E-state index contributed by atoms with van der Waals surface area (Å²) in [4.78, 5) is 1.47. The standard InChI is InChI=1S/C7H8NS/c1-3-8-5-7-6(1)2-4-9-7/h2,8H,1,3,5H2. The molecule has 0 bridgehead atoms. The van der Waals surface area contributed by atoms with Gasteiger partial charge in [0.05, 0.1) is 0 Å². The Morgan fingerprint density at radius 1 is 1.67 bits per heavy atom. The van der Waals surface area contributed by atoms with Gasteiger partial charge in [0.1, 0.15) is 0 Å². The third-order valence-electron chi connectivity index (χ3n) is 1.63. The van der Waals surface area contributed by atoms with Gasteiger partial charge in [-0.3, -0.25) is 0 Å². The molecule has 0 saturated heterocycles. The highest BCUT2D eigenvalue weighted by molar-refractivity contribution is 7.09. The fourth-order valence-corrected chi connectivity index (χ4v) is 1.91. The third-order valence-corrected chi connectivity index (χ3v) is 2.52. The highest BCUT2D eigenvalue weighted by Gasteiger charge is 2.07. The van der Waals surface area contributed by atoms with E-state index in [2.05, 4.69) is 16.8 Å². The molecule has 2 heteroatoms. The van der Waals surface area contributed by atoms with Gasteiger partial charge in [0.2, 0.25) is 0 Å². The lowest BCUT2D eigenvalue weighted by molar-refractivity contribution is 0.654. The quantitative estimate of drug-likeness (QED) is 0.568. The van der Waals surface area contributed by atoms with Crippen molar-refractivity contribution >= 4 is 11.3 Å². The first-order chi connectivity index (χ1) is 4.47. The SMILES string of the molecule is [c]1cc2c(s1)CNCC2. The van der Waals surface area contributed by atoms with Crippen molar-refractivity contribution in [1.82, 2.24) is 5.32 Å². The summed E-state index contributed by atoms with van der Waals surface area (Å²) in [5.74, 6) is 0. The molecule has 2 heterocycles. The second-order valence-corrected chi connectivity index (χ2v) is 3.17. The van der Waals surface area contributed by atoms with Crippen LogP contribution in [0.25, 0.3) is 0 Å². The third kappa shape index (κ3) is 0.884. The fourth-order valence-electron chi connectivity index (χ4n) is 1.10. The van der Waals surface area contributed by atoms with E-state index in [-0.39, 0.29) is 0 Å². The minimum atomic E-state index is 1.06. The Morgan fingerprint density at radius 2 is 2.67 bits per heavy atom. The van der Waals surface area contributed by atoms with E-state index in [0.29, 0.717) is 0 Å². The van der Waals surface area contributed by atoms with Crippen LogP contribution in [0, 0.1) is 5.38 Å². The van der Waals surface area contributed by atoms with Crippen molar-refractivity contribution < 1.29 is 0 Å². The summed E-state index contributed by atoms with van der Waals surface area (Å²) in [6, 6.07) is 2.11. The van der Waals surface area contributed by atoms with Crippen LogP contribution in [0.5, 0.6) is 0 Å². The van der Waals surface area contributed by atoms with Crippen molar-refractivity contribution in [3.8, 4) is 0 Å². The lowest BCUT2D eigenvalue weighted by Gasteiger charge is -2.10. The molecule has 0 atom stereocenters. The summed E-state index contributed by atoms with van der Waals surface area (Å²) in [5, 5.41) is 6.46. The highest BCUT2D eigenvalue weighted by Crippen LogP contribution is 2.18. The van der Waals surface area contributed by atoms with Gasteiger partial charge >= 0.3 is 0 Å². The number of rotatable bonds is 0. The summed E-state index contributed by atoms with van der Waals surface area (Å²) in [6.07, 6.45) is 1.19. The van der Waals surface area contributed by atoms with Crippen molar-refractivity contribution in [2.24, 2.45) is 0 Å². The Bertz CT molecular complexity index is 184. The van der Waals surface area contributed by atoms with E-state index >= 15 is 0 Å². The average molecular weight is 138 g/mol. The van der Waals surface area contributed by atoms with Gasteiger partial charge in [-0.1, -0.05) is 0 Å². The van der Waals surface area contributed by atoms with Crippen molar-refractivity contribution in [2.75, 3.05) is 6.54 Å². The minimum Gasteiger partial charge on any atom is -0.312 e. The van der Waals surface area contributed by atoms with Crippen molar-refractivity contribution in [2.45, 2.75) is 13.0 Å². The molecule has 47 valence electrons. The monoisotopic (exact) mass is 138 g/mol. The second kappa shape index (κ2) is 2.12. The average Bonchev–Trinajstić information content (AvgIpc) is 2.33. The van der Waals surface area contributed by atoms with Crippen LogP contribution < -0.4 is 5.32 Å². The molecule has 0 saturated carbocycles. The molecule has 1 aliphatic rings. The van der Waals surface area contributed by atoms with Gasteiger partial charge in [-0.15, -0.1) is 11.3 Å². The summed E-state index contributed by atoms with van der Waals surface area (Å²) < 4.78 is 0. The van der Waals surface area contributed by atoms with Crippen molar-refractivity contribution in [1.29, 1.82) is 0 Å². The van der Waals surface area contributed by atoms with Crippen molar-refractivity contribution in [3.63, 3.8) is 0 Å². The smallest absolute Gasteiger partial charge is 0.0449 e. The summed E-state index contributed by atoms with van der Waals surface area (Å²) in [7, 11) is 0. The molecule has 1 radical (unpaired) electrons. The summed E-state index contributed by atoms with van der Waals surface area (Å²) >= 11 is 1.74. The number of hydrogen-bond donors (Lipinski definition) is 1. The molecule has 1 aromatic heterocycles. The molecule has 2 rings (SSSR count). The van der Waals surface area contributed by atoms with E-state index in [1.54, 1.807) is 11.3 Å². The number of hydrogen-bond acceptors (Lipinski definition) is 2. The van der Waals surface area contributed by atoms with Crippen LogP contribution in [-0.4, -0.2) is 6.54 Å². The Hall–Kier alpha value is -0.340. The van der Waals surface area contributed by atoms with Crippen LogP contribution in [0.2, 0.25) is 0 Å². The molecular formula is C7H8NS. The molecule has 9 heavy (non-hydrogen) atoms. The van der Waals surface area contributed by atoms with E-state index in [4.69, 9.17) is 0 Å². The number of thiophene rings is 1. The maximum atomic E-state index is 3.32. The number of fused-ring (bicyclic) bond motifs is 1. The summed E-state index contributed by atoms with van der Waals surface area (Å²) in [6.45, 7) is 2.20. The zero-order chi connectivity index (χ0) is 6.10. The minimum absolute atomic E-state index is 1.06. The van der Waals surface area contributed by atoms with Crippen LogP contribution in [0.15, 0.2) is 6.07 Å². The van der Waals surface area contributed by atoms with Crippen LogP contribution >= 0.6 is 11.3 Å². The molecule has 0 fully saturated rings. The Balaban J connectivity index is 2.39. The molecular weight excluding hydrogens is 130 g/mol. The van der Waals surface area contributed by atoms with E-state index in [9.17, 15) is 0 Å². The lowest BCUT2D eigenvalue weighted by atomic mass is 10.1. The predicted octanol–water partition coefficient (Wildman–Crippen LogP) is 1.19. The Labute approximate surface area is 58.7 Å². The van der Waals surface area contributed by atoms with Gasteiger partial charge in [0, 0.05) is 16.8 Å². The largest absolute Gasteiger partial charge is 0.312 e. The first-order valence-corrected chi connectivity index (χ1v) is 3.97. The van der Waals surface area contributed by atoms with Crippen LogP contribution in [0.1, 0.15) is 10.4 Å². The second-order valence-electron chi connectivity index (χ2n) is 2.24. The molecule has 1 nitrogen and oxygen atoms in total. The van der Waals surface area contributed by atoms with Crippen LogP contribution in [0.4, 0.5) is 0 Å². The number of nitrogens with one attached hydrogen (secondary N) is 1. The van der Waals surface area contributed by atoms with Gasteiger partial charge in [0.25, 0.3) is 0 Å². The Kier molecular flexibility index (Phi) is 1.28. The molecule has 0 aromatic carbocycles. The first-order valence-electron chi connectivity index (χ1n) is 3.15. The topological polar surface area (TPSA) is 12.0 Å². The lowest BCUT2D eigenvalue weighted by Crippen LogP contribution is -2.21. The molecule has 0 spiro atoms. The van der Waals surface area contributed by atoms with Gasteiger partial charge in [0.15, 0.2) is 0 Å². The Morgan fingerprint density at radius 3 is 3.56 bits per heavy atom.